The van der Waals surface area contributed by atoms with Gasteiger partial charge in [0.25, 0.3) is 5.91 Å². The van der Waals surface area contributed by atoms with Crippen LogP contribution in [-0.2, 0) is 11.3 Å². The summed E-state index contributed by atoms with van der Waals surface area (Å²) in [5.41, 5.74) is 1.16. The normalized spacial score (nSPS) is 11.8. The van der Waals surface area contributed by atoms with Crippen LogP contribution in [0.15, 0.2) is 34.9 Å². The third kappa shape index (κ3) is 4.61. The van der Waals surface area contributed by atoms with Gasteiger partial charge in [0.2, 0.25) is 0 Å². The summed E-state index contributed by atoms with van der Waals surface area (Å²) < 4.78 is 12.5. The van der Waals surface area contributed by atoms with Crippen LogP contribution >= 0.6 is 0 Å². The minimum Gasteiger partial charge on any atom is -0.368 e. The Hall–Kier alpha value is -3.07. The van der Waals surface area contributed by atoms with E-state index in [2.05, 4.69) is 26.0 Å². The van der Waals surface area contributed by atoms with Crippen molar-refractivity contribution in [1.82, 2.24) is 25.4 Å². The standard InChI is InChI=1S/C19H24N6O3/c1-12(2)25-17(21-23-24-25)14-8-6-7-9-15(14)20-18(26)16-10-13(28-22-16)11-27-19(3,4)5/h6-10,12H,11H2,1-5H3,(H,20,26). The Morgan fingerprint density at radius 2 is 2.04 bits per heavy atom. The minimum atomic E-state index is -0.387. The van der Waals surface area contributed by atoms with Crippen LogP contribution in [0, 0.1) is 0 Å². The van der Waals surface area contributed by atoms with E-state index in [1.165, 1.54) is 0 Å². The molecule has 3 aromatic rings. The number of hydrogen-bond acceptors (Lipinski definition) is 7. The Labute approximate surface area is 163 Å². The average Bonchev–Trinajstić information content (AvgIpc) is 3.29. The fourth-order valence-electron chi connectivity index (χ4n) is 2.47. The maximum atomic E-state index is 12.6. The lowest BCUT2D eigenvalue weighted by Gasteiger charge is -2.17. The van der Waals surface area contributed by atoms with Crippen LogP contribution in [0.2, 0.25) is 0 Å². The van der Waals surface area contributed by atoms with Gasteiger partial charge in [-0.15, -0.1) is 5.10 Å². The number of benzene rings is 1. The first-order chi connectivity index (χ1) is 13.2. The number of carbonyl (C=O) groups is 1. The molecule has 0 aliphatic rings. The van der Waals surface area contributed by atoms with Gasteiger partial charge in [0.1, 0.15) is 6.61 Å². The fourth-order valence-corrected chi connectivity index (χ4v) is 2.47. The van der Waals surface area contributed by atoms with Crippen molar-refractivity contribution in [3.63, 3.8) is 0 Å². The molecule has 28 heavy (non-hydrogen) atoms. The number of para-hydroxylation sites is 1. The van der Waals surface area contributed by atoms with E-state index in [9.17, 15) is 4.79 Å². The van der Waals surface area contributed by atoms with Crippen molar-refractivity contribution in [3.8, 4) is 11.4 Å². The Kier molecular flexibility index (Phi) is 5.55. The molecular weight excluding hydrogens is 360 g/mol. The van der Waals surface area contributed by atoms with E-state index in [0.29, 0.717) is 22.8 Å². The van der Waals surface area contributed by atoms with Crippen LogP contribution in [0.25, 0.3) is 11.4 Å². The molecule has 0 fully saturated rings. The van der Waals surface area contributed by atoms with E-state index in [1.54, 1.807) is 16.8 Å². The molecule has 148 valence electrons. The zero-order valence-corrected chi connectivity index (χ0v) is 16.6. The highest BCUT2D eigenvalue weighted by Gasteiger charge is 2.19. The van der Waals surface area contributed by atoms with Gasteiger partial charge < -0.3 is 14.6 Å². The number of nitrogens with zero attached hydrogens (tertiary/aromatic N) is 5. The van der Waals surface area contributed by atoms with Gasteiger partial charge in [-0.2, -0.15) is 0 Å². The predicted molar refractivity (Wildman–Crippen MR) is 103 cm³/mol. The molecular formula is C19H24N6O3. The van der Waals surface area contributed by atoms with Gasteiger partial charge in [-0.25, -0.2) is 4.68 Å². The molecule has 1 N–H and O–H groups in total. The van der Waals surface area contributed by atoms with Gasteiger partial charge in [-0.1, -0.05) is 17.3 Å². The summed E-state index contributed by atoms with van der Waals surface area (Å²) in [6.45, 7) is 10.0. The molecule has 0 spiro atoms. The summed E-state index contributed by atoms with van der Waals surface area (Å²) in [5, 5.41) is 18.6. The van der Waals surface area contributed by atoms with Gasteiger partial charge in [0.15, 0.2) is 17.3 Å². The van der Waals surface area contributed by atoms with E-state index in [4.69, 9.17) is 9.26 Å². The third-order valence-electron chi connectivity index (χ3n) is 3.84. The highest BCUT2D eigenvalue weighted by molar-refractivity contribution is 6.04. The fraction of sp³-hybridized carbons (Fsp3) is 0.421. The lowest BCUT2D eigenvalue weighted by atomic mass is 10.1. The molecule has 9 nitrogen and oxygen atoms in total. The molecule has 2 aromatic heterocycles. The number of carbonyl (C=O) groups excluding carboxylic acids is 1. The Morgan fingerprint density at radius 1 is 1.29 bits per heavy atom. The highest BCUT2D eigenvalue weighted by Crippen LogP contribution is 2.27. The molecule has 0 radical (unpaired) electrons. The number of ether oxygens (including phenoxy) is 1. The molecule has 0 saturated heterocycles. The number of rotatable bonds is 6. The quantitative estimate of drug-likeness (QED) is 0.693. The van der Waals surface area contributed by atoms with Gasteiger partial charge in [-0.3, -0.25) is 4.79 Å². The van der Waals surface area contributed by atoms with Crippen molar-refractivity contribution >= 4 is 11.6 Å². The van der Waals surface area contributed by atoms with E-state index >= 15 is 0 Å². The summed E-state index contributed by atoms with van der Waals surface area (Å²) in [6.07, 6.45) is 0. The minimum absolute atomic E-state index is 0.0784. The summed E-state index contributed by atoms with van der Waals surface area (Å²) in [4.78, 5) is 12.6. The second-order valence-electron chi connectivity index (χ2n) is 7.62. The van der Waals surface area contributed by atoms with Crippen molar-refractivity contribution in [1.29, 1.82) is 0 Å². The first-order valence-corrected chi connectivity index (χ1v) is 9.03. The maximum absolute atomic E-state index is 12.6. The number of tetrazole rings is 1. The molecule has 1 amide bonds. The topological polar surface area (TPSA) is 108 Å². The first kappa shape index (κ1) is 19.7. The van der Waals surface area contributed by atoms with Crippen LogP contribution in [0.1, 0.15) is 56.9 Å². The number of amides is 1. The van der Waals surface area contributed by atoms with Crippen LogP contribution < -0.4 is 5.32 Å². The summed E-state index contributed by atoms with van der Waals surface area (Å²) in [7, 11) is 0. The van der Waals surface area contributed by atoms with E-state index in [-0.39, 0.29) is 29.9 Å². The van der Waals surface area contributed by atoms with Crippen molar-refractivity contribution in [2.75, 3.05) is 5.32 Å². The molecule has 0 bridgehead atoms. The SMILES string of the molecule is CC(C)n1nnnc1-c1ccccc1NC(=O)c1cc(COC(C)(C)C)on1. The molecule has 3 rings (SSSR count). The number of anilines is 1. The van der Waals surface area contributed by atoms with Crippen LogP contribution in [0.5, 0.6) is 0 Å². The number of hydrogen-bond donors (Lipinski definition) is 1. The predicted octanol–water partition coefficient (Wildman–Crippen LogP) is 3.48. The van der Waals surface area contributed by atoms with Gasteiger partial charge >= 0.3 is 0 Å². The zero-order chi connectivity index (χ0) is 20.3. The third-order valence-corrected chi connectivity index (χ3v) is 3.84. The highest BCUT2D eigenvalue weighted by atomic mass is 16.5. The second-order valence-corrected chi connectivity index (χ2v) is 7.62. The van der Waals surface area contributed by atoms with Gasteiger partial charge in [0, 0.05) is 11.6 Å². The van der Waals surface area contributed by atoms with Gasteiger partial charge in [0.05, 0.1) is 17.3 Å². The molecule has 0 unspecified atom stereocenters. The molecule has 0 atom stereocenters. The second kappa shape index (κ2) is 7.89. The molecule has 1 aromatic carbocycles. The lowest BCUT2D eigenvalue weighted by molar-refractivity contribution is -0.0241. The van der Waals surface area contributed by atoms with Crippen molar-refractivity contribution < 1.29 is 14.1 Å². The van der Waals surface area contributed by atoms with Gasteiger partial charge in [-0.05, 0) is 57.2 Å². The molecule has 9 heteroatoms. The smallest absolute Gasteiger partial charge is 0.277 e. The molecule has 2 heterocycles. The molecule has 0 aliphatic heterocycles. The molecule has 0 aliphatic carbocycles. The van der Waals surface area contributed by atoms with E-state index < -0.39 is 0 Å². The largest absolute Gasteiger partial charge is 0.368 e. The summed E-state index contributed by atoms with van der Waals surface area (Å²) in [5.74, 6) is 0.671. The van der Waals surface area contributed by atoms with Crippen LogP contribution in [0.3, 0.4) is 0 Å². The van der Waals surface area contributed by atoms with Crippen LogP contribution in [-0.4, -0.2) is 36.9 Å². The molecule has 0 saturated carbocycles. The van der Waals surface area contributed by atoms with Crippen molar-refractivity contribution in [2.45, 2.75) is 52.9 Å². The monoisotopic (exact) mass is 384 g/mol. The van der Waals surface area contributed by atoms with Crippen molar-refractivity contribution in [3.05, 3.63) is 41.8 Å². The van der Waals surface area contributed by atoms with E-state index in [1.807, 2.05) is 52.8 Å². The summed E-state index contributed by atoms with van der Waals surface area (Å²) >= 11 is 0. The lowest BCUT2D eigenvalue weighted by Crippen LogP contribution is -2.18. The maximum Gasteiger partial charge on any atom is 0.277 e. The zero-order valence-electron chi connectivity index (χ0n) is 16.6. The van der Waals surface area contributed by atoms with Crippen LogP contribution in [0.4, 0.5) is 5.69 Å². The van der Waals surface area contributed by atoms with E-state index in [0.717, 1.165) is 0 Å². The Bertz CT molecular complexity index is 954. The average molecular weight is 384 g/mol. The number of aromatic nitrogens is 5. The first-order valence-electron chi connectivity index (χ1n) is 9.03. The Morgan fingerprint density at radius 3 is 2.75 bits per heavy atom. The number of nitrogens with one attached hydrogen (secondary N) is 1. The Balaban J connectivity index is 1.79. The van der Waals surface area contributed by atoms with Crippen molar-refractivity contribution in [2.24, 2.45) is 0 Å². The summed E-state index contributed by atoms with van der Waals surface area (Å²) in [6, 6.07) is 8.98.